The predicted molar refractivity (Wildman–Crippen MR) is 83.6 cm³/mol. The van der Waals surface area contributed by atoms with Gasteiger partial charge in [-0.1, -0.05) is 0 Å². The molecule has 2 aliphatic carbocycles. The van der Waals surface area contributed by atoms with Crippen LogP contribution in [0.3, 0.4) is 0 Å². The molecule has 0 N–H and O–H groups in total. The summed E-state index contributed by atoms with van der Waals surface area (Å²) in [6.07, 6.45) is 6.98. The van der Waals surface area contributed by atoms with Crippen molar-refractivity contribution in [3.05, 3.63) is 29.8 Å². The lowest BCUT2D eigenvalue weighted by Crippen LogP contribution is -2.40. The summed E-state index contributed by atoms with van der Waals surface area (Å²) >= 11 is 0. The molecule has 4 nitrogen and oxygen atoms in total. The highest BCUT2D eigenvalue weighted by atomic mass is 16.7. The Labute approximate surface area is 131 Å². The highest BCUT2D eigenvalue weighted by molar-refractivity contribution is 5.94. The van der Waals surface area contributed by atoms with E-state index >= 15 is 0 Å². The fraction of sp³-hybridized carbons (Fsp3) is 0.611. The van der Waals surface area contributed by atoms with E-state index in [2.05, 4.69) is 5.06 Å². The van der Waals surface area contributed by atoms with Gasteiger partial charge in [-0.25, -0.2) is 4.99 Å². The van der Waals surface area contributed by atoms with Crippen molar-refractivity contribution in [1.29, 1.82) is 0 Å². The zero-order valence-corrected chi connectivity index (χ0v) is 12.9. The van der Waals surface area contributed by atoms with Gasteiger partial charge >= 0.3 is 0 Å². The van der Waals surface area contributed by atoms with Gasteiger partial charge in [0.2, 0.25) is 5.90 Å². The van der Waals surface area contributed by atoms with E-state index in [4.69, 9.17) is 14.6 Å². The van der Waals surface area contributed by atoms with Crippen molar-refractivity contribution in [2.45, 2.75) is 44.3 Å². The molecule has 3 aliphatic heterocycles. The minimum Gasteiger partial charge on any atom is -0.497 e. The fourth-order valence-electron chi connectivity index (χ4n) is 5.14. The summed E-state index contributed by atoms with van der Waals surface area (Å²) in [7, 11) is 1.69. The maximum Gasteiger partial charge on any atom is 0.242 e. The first-order chi connectivity index (χ1) is 10.8. The van der Waals surface area contributed by atoms with Crippen LogP contribution < -0.4 is 4.74 Å². The Morgan fingerprint density at radius 1 is 1.05 bits per heavy atom. The Morgan fingerprint density at radius 3 is 2.45 bits per heavy atom. The number of hydrogen-bond acceptors (Lipinski definition) is 4. The van der Waals surface area contributed by atoms with Gasteiger partial charge in [0, 0.05) is 11.6 Å². The number of methoxy groups -OCH3 is 1. The molecule has 5 aliphatic rings. The fourth-order valence-corrected chi connectivity index (χ4v) is 5.14. The Kier molecular flexibility index (Phi) is 2.78. The number of ether oxygens (including phenoxy) is 1. The third-order valence-corrected chi connectivity index (χ3v) is 5.97. The van der Waals surface area contributed by atoms with E-state index < -0.39 is 0 Å². The van der Waals surface area contributed by atoms with Gasteiger partial charge in [0.1, 0.15) is 11.9 Å². The van der Waals surface area contributed by atoms with E-state index in [1.165, 1.54) is 32.1 Å². The molecule has 0 radical (unpaired) electrons. The van der Waals surface area contributed by atoms with Crippen molar-refractivity contribution < 1.29 is 9.57 Å². The smallest absolute Gasteiger partial charge is 0.242 e. The SMILES string of the molecule is COc1ccc(C2=NC3C4CC5CC(C4)CC(C5)N3O2)cc1. The summed E-state index contributed by atoms with van der Waals surface area (Å²) < 4.78 is 5.23. The largest absolute Gasteiger partial charge is 0.497 e. The minimum atomic E-state index is 0.248. The van der Waals surface area contributed by atoms with Crippen molar-refractivity contribution in [2.75, 3.05) is 7.11 Å². The molecule has 3 atom stereocenters. The summed E-state index contributed by atoms with van der Waals surface area (Å²) in [6, 6.07) is 8.59. The van der Waals surface area contributed by atoms with Crippen LogP contribution in [0.1, 0.15) is 37.7 Å². The van der Waals surface area contributed by atoms with E-state index in [9.17, 15) is 0 Å². The highest BCUT2D eigenvalue weighted by Gasteiger charge is 2.51. The zero-order valence-electron chi connectivity index (χ0n) is 12.9. The number of aliphatic imine (C=N–C) groups is 1. The van der Waals surface area contributed by atoms with Gasteiger partial charge in [0.25, 0.3) is 0 Å². The lowest BCUT2D eigenvalue weighted by molar-refractivity contribution is -0.126. The standard InChI is InChI=1S/C18H22N2O2/c1-21-16-4-2-13(3-5-16)18-19-17-14-7-11-6-12(8-14)10-15(9-11)20(17)22-18/h2-5,11-12,14-15,17H,6-10H2,1H3. The summed E-state index contributed by atoms with van der Waals surface area (Å²) in [6.45, 7) is 0. The third kappa shape index (κ3) is 1.89. The Balaban J connectivity index is 1.46. The van der Waals surface area contributed by atoms with Gasteiger partial charge in [-0.05, 0) is 74.1 Å². The van der Waals surface area contributed by atoms with Gasteiger partial charge in [-0.15, -0.1) is 5.06 Å². The number of hydrogen-bond donors (Lipinski definition) is 0. The Bertz CT molecular complexity index is 598. The maximum absolute atomic E-state index is 6.23. The quantitative estimate of drug-likeness (QED) is 0.840. The van der Waals surface area contributed by atoms with Gasteiger partial charge in [-0.2, -0.15) is 0 Å². The molecule has 116 valence electrons. The molecule has 2 saturated carbocycles. The first kappa shape index (κ1) is 12.9. The van der Waals surface area contributed by atoms with Crippen LogP contribution >= 0.6 is 0 Å². The lowest BCUT2D eigenvalue weighted by Gasteiger charge is -2.38. The molecule has 1 aromatic rings. The topological polar surface area (TPSA) is 34.1 Å². The summed E-state index contributed by atoms with van der Waals surface area (Å²) in [4.78, 5) is 11.2. The second kappa shape index (κ2) is 4.72. The molecule has 0 spiro atoms. The monoisotopic (exact) mass is 298 g/mol. The van der Waals surface area contributed by atoms with E-state index in [0.717, 1.165) is 29.0 Å². The van der Waals surface area contributed by atoms with Crippen molar-refractivity contribution >= 4 is 5.90 Å². The normalized spacial score (nSPS) is 39.1. The number of rotatable bonds is 2. The number of hydroxylamine groups is 2. The number of nitrogens with zero attached hydrogens (tertiary/aromatic N) is 2. The summed E-state index contributed by atoms with van der Waals surface area (Å²) in [5.41, 5.74) is 1.05. The zero-order chi connectivity index (χ0) is 14.7. The van der Waals surface area contributed by atoms with E-state index in [0.29, 0.717) is 12.0 Å². The third-order valence-electron chi connectivity index (χ3n) is 5.97. The number of benzene rings is 1. The van der Waals surface area contributed by atoms with Gasteiger partial charge in [-0.3, -0.25) is 0 Å². The molecule has 3 unspecified atom stereocenters. The second-order valence-corrected chi connectivity index (χ2v) is 7.35. The molecular weight excluding hydrogens is 276 g/mol. The van der Waals surface area contributed by atoms with Crippen molar-refractivity contribution in [2.24, 2.45) is 22.7 Å². The molecule has 0 aromatic heterocycles. The van der Waals surface area contributed by atoms with Crippen LogP contribution in [-0.4, -0.2) is 30.3 Å². The van der Waals surface area contributed by atoms with E-state index in [1.807, 2.05) is 24.3 Å². The van der Waals surface area contributed by atoms with Crippen LogP contribution in [0.2, 0.25) is 0 Å². The van der Waals surface area contributed by atoms with Gasteiger partial charge in [0.05, 0.1) is 7.11 Å². The van der Waals surface area contributed by atoms with Crippen LogP contribution in [0.5, 0.6) is 5.75 Å². The first-order valence-electron chi connectivity index (χ1n) is 8.48. The lowest BCUT2D eigenvalue weighted by atomic mass is 9.68. The van der Waals surface area contributed by atoms with Crippen molar-refractivity contribution in [3.8, 4) is 5.75 Å². The molecule has 22 heavy (non-hydrogen) atoms. The van der Waals surface area contributed by atoms with Crippen LogP contribution in [0.25, 0.3) is 0 Å². The van der Waals surface area contributed by atoms with Crippen molar-refractivity contribution in [1.82, 2.24) is 5.06 Å². The Morgan fingerprint density at radius 2 is 1.77 bits per heavy atom. The average molecular weight is 298 g/mol. The molecule has 1 aromatic carbocycles. The van der Waals surface area contributed by atoms with Crippen LogP contribution in [-0.2, 0) is 4.84 Å². The van der Waals surface area contributed by atoms with E-state index in [1.54, 1.807) is 7.11 Å². The summed E-state index contributed by atoms with van der Waals surface area (Å²) in [5, 5.41) is 2.24. The molecule has 4 bridgehead atoms. The van der Waals surface area contributed by atoms with E-state index in [-0.39, 0.29) is 6.17 Å². The second-order valence-electron chi connectivity index (χ2n) is 7.35. The van der Waals surface area contributed by atoms with Crippen LogP contribution in [0, 0.1) is 17.8 Å². The molecule has 6 rings (SSSR count). The minimum absolute atomic E-state index is 0.248. The average Bonchev–Trinajstić information content (AvgIpc) is 2.93. The molecular formula is C18H22N2O2. The van der Waals surface area contributed by atoms with Gasteiger partial charge in [0.15, 0.2) is 0 Å². The summed E-state index contributed by atoms with van der Waals surface area (Å²) in [5.74, 6) is 4.17. The predicted octanol–water partition coefficient (Wildman–Crippen LogP) is 3.22. The van der Waals surface area contributed by atoms with Crippen LogP contribution in [0.4, 0.5) is 0 Å². The molecule has 0 amide bonds. The Hall–Kier alpha value is -1.55. The van der Waals surface area contributed by atoms with Gasteiger partial charge < -0.3 is 9.57 Å². The maximum atomic E-state index is 6.23. The van der Waals surface area contributed by atoms with Crippen LogP contribution in [0.15, 0.2) is 29.3 Å². The first-order valence-corrected chi connectivity index (χ1v) is 8.48. The highest BCUT2D eigenvalue weighted by Crippen LogP contribution is 2.51. The molecule has 4 fully saturated rings. The molecule has 4 heteroatoms. The van der Waals surface area contributed by atoms with Crippen molar-refractivity contribution in [3.63, 3.8) is 0 Å². The molecule has 2 saturated heterocycles. The molecule has 3 heterocycles.